The minimum absolute atomic E-state index is 0.0333. The largest absolute Gasteiger partial charge is 0.374 e. The molecule has 0 unspecified atom stereocenters. The number of hydrogen-bond acceptors (Lipinski definition) is 11. The molecule has 2 aliphatic heterocycles. The molecule has 2 aliphatic rings. The molecule has 2 heterocycles. The molecule has 2 saturated heterocycles. The first kappa shape index (κ1) is 52.0. The third-order valence-electron chi connectivity index (χ3n) is 13.0. The Bertz CT molecular complexity index is 2580. The van der Waals surface area contributed by atoms with Crippen molar-refractivity contribution in [3.63, 3.8) is 0 Å². The van der Waals surface area contributed by atoms with Gasteiger partial charge in [0.05, 0.1) is 59.5 Å². The Morgan fingerprint density at radius 3 is 1.14 bits per heavy atom. The maximum atomic E-state index is 7.33. The van der Waals surface area contributed by atoms with Crippen molar-refractivity contribution in [2.45, 2.75) is 101 Å². The summed E-state index contributed by atoms with van der Waals surface area (Å²) >= 11 is 0. The second kappa shape index (κ2) is 27.4. The summed E-state index contributed by atoms with van der Waals surface area (Å²) in [7, 11) is 1.61. The Labute approximate surface area is 429 Å². The molecule has 0 bridgehead atoms. The highest BCUT2D eigenvalue weighted by Gasteiger charge is 2.59. The highest BCUT2D eigenvalue weighted by atomic mass is 16.8. The highest BCUT2D eigenvalue weighted by molar-refractivity contribution is 5.19. The van der Waals surface area contributed by atoms with Gasteiger partial charge in [0.25, 0.3) is 0 Å². The van der Waals surface area contributed by atoms with Gasteiger partial charge in [0.2, 0.25) is 5.79 Å². The van der Waals surface area contributed by atoms with Crippen molar-refractivity contribution in [3.8, 4) is 0 Å². The minimum atomic E-state index is -1.57. The monoisotopic (exact) mass is 986 g/mol. The molecule has 2 fully saturated rings. The molecule has 0 amide bonds. The van der Waals surface area contributed by atoms with Gasteiger partial charge in [-0.2, -0.15) is 0 Å². The molecule has 0 N–H and O–H groups in total. The molecule has 7 aromatic carbocycles. The van der Waals surface area contributed by atoms with Crippen molar-refractivity contribution in [1.29, 1.82) is 0 Å². The predicted molar refractivity (Wildman–Crippen MR) is 277 cm³/mol. The molecule has 73 heavy (non-hydrogen) atoms. The second-order valence-corrected chi connectivity index (χ2v) is 18.3. The first-order chi connectivity index (χ1) is 36.1. The number of ether oxygens (including phenoxy) is 11. The van der Waals surface area contributed by atoms with Gasteiger partial charge in [0, 0.05) is 7.11 Å². The molecule has 9 rings (SSSR count). The molecule has 11 heteroatoms. The predicted octanol–water partition coefficient (Wildman–Crippen LogP) is 10.8. The van der Waals surface area contributed by atoms with Crippen LogP contribution < -0.4 is 0 Å². The van der Waals surface area contributed by atoms with Gasteiger partial charge in [0.15, 0.2) is 6.29 Å². The van der Waals surface area contributed by atoms with Gasteiger partial charge in [-0.05, 0) is 38.9 Å². The molecule has 0 radical (unpaired) electrons. The normalized spacial score (nSPS) is 23.8. The first-order valence-corrected chi connectivity index (χ1v) is 25.1. The van der Waals surface area contributed by atoms with E-state index in [0.29, 0.717) is 13.2 Å². The molecule has 0 aliphatic carbocycles. The van der Waals surface area contributed by atoms with Gasteiger partial charge in [-0.1, -0.05) is 212 Å². The lowest BCUT2D eigenvalue weighted by atomic mass is 9.97. The lowest BCUT2D eigenvalue weighted by Gasteiger charge is -2.46. The van der Waals surface area contributed by atoms with Crippen LogP contribution in [0.5, 0.6) is 0 Å². The van der Waals surface area contributed by atoms with E-state index in [2.05, 4.69) is 0 Å². The van der Waals surface area contributed by atoms with Crippen molar-refractivity contribution < 1.29 is 52.1 Å². The second-order valence-electron chi connectivity index (χ2n) is 18.3. The van der Waals surface area contributed by atoms with E-state index in [0.717, 1.165) is 38.9 Å². The molecule has 11 nitrogen and oxygen atoms in total. The third kappa shape index (κ3) is 14.9. The molecule has 0 aromatic heterocycles. The van der Waals surface area contributed by atoms with Gasteiger partial charge in [-0.3, -0.25) is 0 Å². The van der Waals surface area contributed by atoms with Crippen LogP contribution in [0.25, 0.3) is 0 Å². The molecular weight excluding hydrogens is 921 g/mol. The molecule has 9 atom stereocenters. The van der Waals surface area contributed by atoms with Crippen LogP contribution in [-0.2, 0) is 98.4 Å². The van der Waals surface area contributed by atoms with Crippen molar-refractivity contribution in [3.05, 3.63) is 251 Å². The topological polar surface area (TPSA) is 102 Å². The van der Waals surface area contributed by atoms with Gasteiger partial charge < -0.3 is 52.1 Å². The minimum Gasteiger partial charge on any atom is -0.374 e. The summed E-state index contributed by atoms with van der Waals surface area (Å²) in [6.07, 6.45) is -5.98. The van der Waals surface area contributed by atoms with Crippen molar-refractivity contribution >= 4 is 0 Å². The smallest absolute Gasteiger partial charge is 0.222 e. The molecule has 7 aromatic rings. The van der Waals surface area contributed by atoms with Crippen LogP contribution in [-0.4, -0.2) is 81.7 Å². The Morgan fingerprint density at radius 1 is 0.356 bits per heavy atom. The standard InChI is InChI=1S/C62H66O11/c1-63-61-59(69-42-52-33-19-7-20-34-52)58(68-41-51-31-17-6-18-32-51)56(66-39-49-27-13-4-14-28-49)54(72-61)45-71-62(46-65-38-48-25-11-3-12-26-48)60(70-43-53-35-21-8-22-36-53)57(67-40-50-29-15-5-16-30-50)55(73-62)44-64-37-47-23-9-2-10-24-47/h2-36,54-61H,37-46H2,1H3/t54-,55-,56-,57-,58+,59-,60+,61+,62+/m1/s1. The summed E-state index contributed by atoms with van der Waals surface area (Å²) in [6, 6.07) is 70.3. The van der Waals surface area contributed by atoms with Gasteiger partial charge in [0.1, 0.15) is 49.3 Å². The van der Waals surface area contributed by atoms with E-state index in [1.54, 1.807) is 7.11 Å². The van der Waals surface area contributed by atoms with Crippen molar-refractivity contribution in [2.24, 2.45) is 0 Å². The van der Waals surface area contributed by atoms with Crippen LogP contribution >= 0.6 is 0 Å². The molecule has 0 saturated carbocycles. The molecule has 380 valence electrons. The fourth-order valence-corrected chi connectivity index (χ4v) is 9.23. The Balaban J connectivity index is 1.07. The van der Waals surface area contributed by atoms with Crippen molar-refractivity contribution in [2.75, 3.05) is 26.9 Å². The van der Waals surface area contributed by atoms with E-state index in [1.807, 2.05) is 212 Å². The Hall–Kier alpha value is -5.90. The van der Waals surface area contributed by atoms with Crippen LogP contribution in [0.15, 0.2) is 212 Å². The summed E-state index contributed by atoms with van der Waals surface area (Å²) in [4.78, 5) is 0. The summed E-state index contributed by atoms with van der Waals surface area (Å²) in [6.45, 7) is 2.11. The Morgan fingerprint density at radius 2 is 0.712 bits per heavy atom. The maximum Gasteiger partial charge on any atom is 0.222 e. The van der Waals surface area contributed by atoms with E-state index < -0.39 is 54.8 Å². The Kier molecular flexibility index (Phi) is 19.5. The van der Waals surface area contributed by atoms with Gasteiger partial charge in [-0.15, -0.1) is 0 Å². The van der Waals surface area contributed by atoms with E-state index >= 15 is 0 Å². The average molecular weight is 987 g/mol. The van der Waals surface area contributed by atoms with Crippen LogP contribution in [0.3, 0.4) is 0 Å². The van der Waals surface area contributed by atoms with E-state index in [-0.39, 0.29) is 52.9 Å². The van der Waals surface area contributed by atoms with E-state index in [9.17, 15) is 0 Å². The fourth-order valence-electron chi connectivity index (χ4n) is 9.23. The molecular formula is C62H66O11. The lowest BCUT2D eigenvalue weighted by Crippen LogP contribution is -2.62. The molecule has 0 spiro atoms. The van der Waals surface area contributed by atoms with Crippen molar-refractivity contribution in [1.82, 2.24) is 0 Å². The zero-order valence-electron chi connectivity index (χ0n) is 41.4. The van der Waals surface area contributed by atoms with Crippen LogP contribution in [0.2, 0.25) is 0 Å². The zero-order chi connectivity index (χ0) is 49.8. The summed E-state index contributed by atoms with van der Waals surface area (Å²) < 4.78 is 75.6. The quantitative estimate of drug-likeness (QED) is 0.0492. The number of rotatable bonds is 27. The van der Waals surface area contributed by atoms with Gasteiger partial charge >= 0.3 is 0 Å². The SMILES string of the molecule is CO[C@H]1O[C@H](CO[C@@]2(COCc3ccccc3)O[C@H](COCc3ccccc3)[C@@H](OCc3ccccc3)[C@@H]2OCc2ccccc2)[C@@H](OCc2ccccc2)[C@H](OCc2ccccc2)[C@H]1OCc1ccccc1. The first-order valence-electron chi connectivity index (χ1n) is 25.1. The van der Waals surface area contributed by atoms with Crippen LogP contribution in [0, 0.1) is 0 Å². The summed E-state index contributed by atoms with van der Waals surface area (Å²) in [5, 5.41) is 0. The summed E-state index contributed by atoms with van der Waals surface area (Å²) in [5.41, 5.74) is 6.97. The summed E-state index contributed by atoms with van der Waals surface area (Å²) in [5.74, 6) is -1.57. The van der Waals surface area contributed by atoms with E-state index in [1.165, 1.54) is 0 Å². The number of hydrogen-bond donors (Lipinski definition) is 0. The highest BCUT2D eigenvalue weighted by Crippen LogP contribution is 2.40. The van der Waals surface area contributed by atoms with Crippen LogP contribution in [0.1, 0.15) is 38.9 Å². The van der Waals surface area contributed by atoms with Crippen LogP contribution in [0.4, 0.5) is 0 Å². The lowest BCUT2D eigenvalue weighted by molar-refractivity contribution is -0.345. The third-order valence-corrected chi connectivity index (χ3v) is 13.0. The maximum absolute atomic E-state index is 7.33. The average Bonchev–Trinajstić information content (AvgIpc) is 3.74. The van der Waals surface area contributed by atoms with Gasteiger partial charge in [-0.25, -0.2) is 0 Å². The zero-order valence-corrected chi connectivity index (χ0v) is 41.4. The fraction of sp³-hybridized carbons (Fsp3) is 0.323. The number of methoxy groups -OCH3 is 1. The van der Waals surface area contributed by atoms with E-state index in [4.69, 9.17) is 52.1 Å². The number of benzene rings is 7.